The standard InChI is InChI=1S/C32H39ClN2O4/c1-23(36)32(38)20-30(37)34(2)16-7-5-3-4-6-8-17-35-21-31(22-39-29-14-11-25(32)19-28(29)35)15-9-10-24-18-26(33)12-13-27(24)31/h3,5,11-14,18-19,38H,4,6-10,15-17,20-22H2,1-2H3/b5-3+/t31-,32-/m0/s1. The van der Waals surface area contributed by atoms with E-state index in [0.717, 1.165) is 74.5 Å². The molecule has 1 aliphatic carbocycles. The summed E-state index contributed by atoms with van der Waals surface area (Å²) in [7, 11) is 1.72. The summed E-state index contributed by atoms with van der Waals surface area (Å²) in [6.07, 6.45) is 10.9. The van der Waals surface area contributed by atoms with Gasteiger partial charge in [0.25, 0.3) is 0 Å². The normalized spacial score (nSPS) is 26.9. The third-order valence-electron chi connectivity index (χ3n) is 8.78. The molecule has 1 N–H and O–H groups in total. The minimum Gasteiger partial charge on any atom is -0.490 e. The summed E-state index contributed by atoms with van der Waals surface area (Å²) in [6.45, 7) is 4.05. The molecule has 5 rings (SSSR count). The summed E-state index contributed by atoms with van der Waals surface area (Å²) >= 11 is 6.37. The van der Waals surface area contributed by atoms with Gasteiger partial charge < -0.3 is 19.6 Å². The van der Waals surface area contributed by atoms with Crippen molar-refractivity contribution in [1.82, 2.24) is 4.90 Å². The fraction of sp³-hybridized carbons (Fsp3) is 0.500. The number of amides is 1. The molecule has 7 heteroatoms. The quantitative estimate of drug-likeness (QED) is 0.470. The number of hydrogen-bond donors (Lipinski definition) is 1. The van der Waals surface area contributed by atoms with Crippen LogP contribution in [0.1, 0.15) is 68.6 Å². The van der Waals surface area contributed by atoms with E-state index in [1.54, 1.807) is 18.0 Å². The summed E-state index contributed by atoms with van der Waals surface area (Å²) in [5.41, 5.74) is 1.80. The number of benzene rings is 2. The van der Waals surface area contributed by atoms with Crippen molar-refractivity contribution in [3.05, 3.63) is 70.3 Å². The Morgan fingerprint density at radius 2 is 1.87 bits per heavy atom. The molecule has 1 spiro atoms. The van der Waals surface area contributed by atoms with Crippen LogP contribution in [0.15, 0.2) is 48.6 Å². The van der Waals surface area contributed by atoms with Gasteiger partial charge in [-0.25, -0.2) is 0 Å². The summed E-state index contributed by atoms with van der Waals surface area (Å²) < 4.78 is 6.53. The zero-order valence-electron chi connectivity index (χ0n) is 23.0. The number of aliphatic hydroxyl groups is 1. The van der Waals surface area contributed by atoms with Crippen molar-refractivity contribution in [1.29, 1.82) is 0 Å². The molecule has 2 bridgehead atoms. The number of Topliss-reactive ketones (excluding diaryl/α,β-unsaturated/α-hetero) is 1. The lowest BCUT2D eigenvalue weighted by Gasteiger charge is -2.41. The Morgan fingerprint density at radius 1 is 1.05 bits per heavy atom. The Bertz CT molecular complexity index is 1280. The first-order valence-electron chi connectivity index (χ1n) is 14.2. The number of aryl methyl sites for hydroxylation is 1. The smallest absolute Gasteiger partial charge is 0.226 e. The third kappa shape index (κ3) is 5.59. The Morgan fingerprint density at radius 3 is 2.69 bits per heavy atom. The molecular weight excluding hydrogens is 512 g/mol. The third-order valence-corrected chi connectivity index (χ3v) is 9.01. The van der Waals surface area contributed by atoms with Crippen LogP contribution in [0.2, 0.25) is 5.02 Å². The lowest BCUT2D eigenvalue weighted by molar-refractivity contribution is -0.146. The van der Waals surface area contributed by atoms with Gasteiger partial charge in [0, 0.05) is 37.1 Å². The van der Waals surface area contributed by atoms with E-state index in [0.29, 0.717) is 18.7 Å². The van der Waals surface area contributed by atoms with Crippen molar-refractivity contribution >= 4 is 29.0 Å². The highest BCUT2D eigenvalue weighted by molar-refractivity contribution is 6.30. The van der Waals surface area contributed by atoms with E-state index < -0.39 is 11.4 Å². The zero-order valence-corrected chi connectivity index (χ0v) is 23.8. The molecule has 0 unspecified atom stereocenters. The van der Waals surface area contributed by atoms with Crippen molar-refractivity contribution in [3.8, 4) is 5.75 Å². The van der Waals surface area contributed by atoms with Crippen molar-refractivity contribution in [3.63, 3.8) is 0 Å². The first-order valence-corrected chi connectivity index (χ1v) is 14.5. The van der Waals surface area contributed by atoms with E-state index in [-0.39, 0.29) is 17.7 Å². The molecule has 2 aromatic carbocycles. The maximum atomic E-state index is 13.1. The predicted molar refractivity (Wildman–Crippen MR) is 155 cm³/mol. The number of allylic oxidation sites excluding steroid dienone is 1. The average Bonchev–Trinajstić information content (AvgIpc) is 3.06. The van der Waals surface area contributed by atoms with Crippen LogP contribution in [0.3, 0.4) is 0 Å². The molecule has 3 aliphatic rings. The molecule has 0 aromatic heterocycles. The number of ether oxygens (including phenoxy) is 1. The summed E-state index contributed by atoms with van der Waals surface area (Å²) in [5.74, 6) is 0.0422. The van der Waals surface area contributed by atoms with E-state index in [1.165, 1.54) is 18.1 Å². The minimum absolute atomic E-state index is 0.187. The molecule has 1 amide bonds. The van der Waals surface area contributed by atoms with Crippen molar-refractivity contribution < 1.29 is 19.4 Å². The molecule has 208 valence electrons. The molecule has 0 fully saturated rings. The van der Waals surface area contributed by atoms with Gasteiger partial charge in [0.1, 0.15) is 5.75 Å². The zero-order chi connectivity index (χ0) is 27.6. The van der Waals surface area contributed by atoms with Gasteiger partial charge in [-0.1, -0.05) is 35.9 Å². The Kier molecular flexibility index (Phi) is 8.06. The second kappa shape index (κ2) is 11.3. The van der Waals surface area contributed by atoms with Crippen molar-refractivity contribution in [2.24, 2.45) is 0 Å². The van der Waals surface area contributed by atoms with Crippen molar-refractivity contribution in [2.75, 3.05) is 38.2 Å². The summed E-state index contributed by atoms with van der Waals surface area (Å²) in [5, 5.41) is 12.4. The second-order valence-electron chi connectivity index (χ2n) is 11.5. The highest BCUT2D eigenvalue weighted by Gasteiger charge is 2.43. The highest BCUT2D eigenvalue weighted by Crippen LogP contribution is 2.45. The van der Waals surface area contributed by atoms with Crippen LogP contribution in [-0.2, 0) is 27.0 Å². The molecule has 0 radical (unpaired) electrons. The number of carbonyl (C=O) groups is 2. The SMILES string of the molecule is CC(=O)[C@@]1(O)CC(=O)N(C)CC/C=C/CCCCN2C[C@@]3(CCCc4cc(Cl)ccc43)COc3ccc1cc32. The van der Waals surface area contributed by atoms with Crippen molar-refractivity contribution in [2.45, 2.75) is 69.3 Å². The van der Waals surface area contributed by atoms with E-state index in [1.807, 2.05) is 18.2 Å². The van der Waals surface area contributed by atoms with Gasteiger partial charge >= 0.3 is 0 Å². The van der Waals surface area contributed by atoms with Gasteiger partial charge in [-0.2, -0.15) is 0 Å². The van der Waals surface area contributed by atoms with Crippen LogP contribution >= 0.6 is 11.6 Å². The molecular formula is C32H39ClN2O4. The molecule has 0 saturated heterocycles. The lowest BCUT2D eigenvalue weighted by Crippen LogP contribution is -2.46. The number of halogens is 1. The van der Waals surface area contributed by atoms with Gasteiger partial charge in [0.05, 0.1) is 18.7 Å². The first-order chi connectivity index (χ1) is 18.7. The predicted octanol–water partition coefficient (Wildman–Crippen LogP) is 5.57. The van der Waals surface area contributed by atoms with Gasteiger partial charge in [-0.3, -0.25) is 9.59 Å². The van der Waals surface area contributed by atoms with Crippen LogP contribution in [0.5, 0.6) is 5.75 Å². The van der Waals surface area contributed by atoms with E-state index in [4.69, 9.17) is 16.3 Å². The molecule has 0 saturated carbocycles. The van der Waals surface area contributed by atoms with Crippen LogP contribution in [-0.4, -0.2) is 55.0 Å². The summed E-state index contributed by atoms with van der Waals surface area (Å²) in [6, 6.07) is 11.7. The van der Waals surface area contributed by atoms with Crippen LogP contribution in [0, 0.1) is 0 Å². The Balaban J connectivity index is 1.57. The number of carbonyl (C=O) groups excluding carboxylic acids is 2. The first kappa shape index (κ1) is 27.7. The molecule has 39 heavy (non-hydrogen) atoms. The topological polar surface area (TPSA) is 70.1 Å². The van der Waals surface area contributed by atoms with Crippen LogP contribution < -0.4 is 9.64 Å². The number of hydrogen-bond acceptors (Lipinski definition) is 5. The van der Waals surface area contributed by atoms with Crippen LogP contribution in [0.25, 0.3) is 0 Å². The van der Waals surface area contributed by atoms with Gasteiger partial charge in [-0.15, -0.1) is 0 Å². The van der Waals surface area contributed by atoms with E-state index >= 15 is 0 Å². The van der Waals surface area contributed by atoms with Gasteiger partial charge in [-0.05, 0) is 92.8 Å². The summed E-state index contributed by atoms with van der Waals surface area (Å²) in [4.78, 5) is 29.9. The number of fused-ring (bicyclic) bond motifs is 3. The van der Waals surface area contributed by atoms with E-state index in [2.05, 4.69) is 29.2 Å². The highest BCUT2D eigenvalue weighted by atomic mass is 35.5. The largest absolute Gasteiger partial charge is 0.490 e. The fourth-order valence-corrected chi connectivity index (χ4v) is 6.58. The molecule has 2 heterocycles. The molecule has 2 aliphatic heterocycles. The Labute approximate surface area is 236 Å². The maximum absolute atomic E-state index is 13.1. The maximum Gasteiger partial charge on any atom is 0.226 e. The van der Waals surface area contributed by atoms with Crippen LogP contribution in [0.4, 0.5) is 5.69 Å². The minimum atomic E-state index is -1.91. The number of nitrogens with zero attached hydrogens (tertiary/aromatic N) is 2. The van der Waals surface area contributed by atoms with E-state index in [9.17, 15) is 14.7 Å². The number of anilines is 1. The second-order valence-corrected chi connectivity index (χ2v) is 11.9. The molecule has 2 aromatic rings. The molecule has 6 nitrogen and oxygen atoms in total. The van der Waals surface area contributed by atoms with Gasteiger partial charge in [0.15, 0.2) is 11.4 Å². The fourth-order valence-electron chi connectivity index (χ4n) is 6.38. The monoisotopic (exact) mass is 550 g/mol. The average molecular weight is 551 g/mol. The molecule has 2 atom stereocenters. The lowest BCUT2D eigenvalue weighted by atomic mass is 9.70. The number of rotatable bonds is 1. The van der Waals surface area contributed by atoms with Gasteiger partial charge in [0.2, 0.25) is 5.91 Å². The Hall–Kier alpha value is -2.83. The number of ketones is 1.